The number of halogens is 3. The summed E-state index contributed by atoms with van der Waals surface area (Å²) in [5.74, 6) is 0.102. The fourth-order valence-corrected chi connectivity index (χ4v) is 18.7. The van der Waals surface area contributed by atoms with Gasteiger partial charge >= 0.3 is 18.1 Å². The number of hydrogen-bond acceptors (Lipinski definition) is 14. The molecular formula is C103H85F3N4O9S. The molecule has 0 bridgehead atoms. The maximum absolute atomic E-state index is 15.2. The minimum absolute atomic E-state index is 0.0433. The highest BCUT2D eigenvalue weighted by Gasteiger charge is 2.61. The van der Waals surface area contributed by atoms with Crippen molar-refractivity contribution in [2.45, 2.75) is 103 Å². The van der Waals surface area contributed by atoms with Crippen molar-refractivity contribution in [2.24, 2.45) is 17.8 Å². The fraction of sp³-hybridized carbons (Fsp3) is 0.233. The van der Waals surface area contributed by atoms with Gasteiger partial charge in [-0.15, -0.1) is 11.3 Å². The van der Waals surface area contributed by atoms with Gasteiger partial charge in [0.05, 0.1) is 30.4 Å². The molecule has 1 aliphatic heterocycles. The fourth-order valence-electron chi connectivity index (χ4n) is 17.7. The topological polar surface area (TPSA) is 173 Å². The first-order valence-corrected chi connectivity index (χ1v) is 41.6. The number of allylic oxidation sites excluding steroid dienone is 13. The number of anilines is 1. The number of benzene rings is 8. The van der Waals surface area contributed by atoms with Gasteiger partial charge in [0.1, 0.15) is 74.1 Å². The number of esters is 2. The van der Waals surface area contributed by atoms with Crippen molar-refractivity contribution in [3.63, 3.8) is 0 Å². The minimum Gasteiger partial charge on any atom is -0.493 e. The largest absolute Gasteiger partial charge is 0.493 e. The van der Waals surface area contributed by atoms with Gasteiger partial charge in [-0.3, -0.25) is 0 Å². The number of alkyl halides is 3. The lowest BCUT2D eigenvalue weighted by molar-refractivity contribution is -0.236. The van der Waals surface area contributed by atoms with Crippen molar-refractivity contribution in [2.75, 3.05) is 37.8 Å². The second-order valence-electron chi connectivity index (χ2n) is 31.2. The molecule has 0 radical (unpaired) electrons. The van der Waals surface area contributed by atoms with E-state index in [1.54, 1.807) is 48.6 Å². The quantitative estimate of drug-likeness (QED) is 0.0301. The number of nitriles is 3. The van der Waals surface area contributed by atoms with Crippen LogP contribution < -0.4 is 24.8 Å². The number of likely N-dealkylation sites (N-methyl/N-ethyl adjacent to an activating group) is 1. The number of ether oxygens (including phenoxy) is 7. The van der Waals surface area contributed by atoms with Gasteiger partial charge in [-0.2, -0.15) is 29.0 Å². The van der Waals surface area contributed by atoms with Crippen LogP contribution in [0.5, 0.6) is 11.5 Å². The van der Waals surface area contributed by atoms with Crippen LogP contribution in [0.3, 0.4) is 0 Å². The number of carbonyl (C=O) groups is 2. The first kappa shape index (κ1) is 79.2. The maximum Gasteiger partial charge on any atom is 0.432 e. The van der Waals surface area contributed by atoms with Crippen LogP contribution >= 0.6 is 11.3 Å². The van der Waals surface area contributed by atoms with Gasteiger partial charge in [-0.1, -0.05) is 194 Å². The van der Waals surface area contributed by atoms with E-state index in [1.807, 2.05) is 97.9 Å². The zero-order chi connectivity index (χ0) is 82.4. The smallest absolute Gasteiger partial charge is 0.432 e. The molecule has 0 amide bonds. The highest BCUT2D eigenvalue weighted by Crippen LogP contribution is 2.51. The third kappa shape index (κ3) is 16.5. The average molecular weight is 1610 g/mol. The molecule has 1 aromatic heterocycles. The average Bonchev–Trinajstić information content (AvgIpc) is 0.908. The Morgan fingerprint density at radius 2 is 1.38 bits per heavy atom. The number of fused-ring (bicyclic) bond motifs is 7. The van der Waals surface area contributed by atoms with Crippen molar-refractivity contribution in [3.05, 3.63) is 346 Å². The van der Waals surface area contributed by atoms with Gasteiger partial charge < -0.3 is 38.1 Å². The van der Waals surface area contributed by atoms with E-state index in [0.717, 1.165) is 134 Å². The van der Waals surface area contributed by atoms with E-state index in [9.17, 15) is 25.4 Å². The summed E-state index contributed by atoms with van der Waals surface area (Å²) >= 11 is 1.20. The SMILES string of the molecule is CCN(CCOC(=O)c1cc(OCc2c3c(cc4ccccc24)CCC=C3)cc(OCc2c3ccccc3cc3ccccc23)c1)c1ccc(/C=C/c2sc(/C=C/C3=C(C#N)C(=C(C#N)C#N)OC3(C)C(F)(F)F)cc2COC(=O)C2=CC(OCC3=C4C=CCCC4CC4=C3CCC=C4)CC(OCC3=c4ccccc4=CC4C=CC=CC34)=C2)cc1. The number of nitrogens with zero attached hydrogens (tertiary/aromatic N) is 4. The number of aryl methyl sites for hydroxylation is 1. The Morgan fingerprint density at radius 3 is 2.12 bits per heavy atom. The predicted octanol–water partition coefficient (Wildman–Crippen LogP) is 21.6. The highest BCUT2D eigenvalue weighted by molar-refractivity contribution is 7.14. The second-order valence-corrected chi connectivity index (χ2v) is 32.3. The Morgan fingerprint density at radius 1 is 0.675 bits per heavy atom. The van der Waals surface area contributed by atoms with Crippen LogP contribution in [0.1, 0.15) is 112 Å². The molecule has 0 fully saturated rings. The molecule has 2 heterocycles. The van der Waals surface area contributed by atoms with E-state index < -0.39 is 52.3 Å². The third-order valence-corrected chi connectivity index (χ3v) is 25.0. The molecule has 8 aromatic carbocycles. The van der Waals surface area contributed by atoms with Crippen molar-refractivity contribution >= 4 is 97.2 Å². The summed E-state index contributed by atoms with van der Waals surface area (Å²) in [5, 5.41) is 38.7. The molecule has 0 saturated heterocycles. The normalized spacial score (nSPS) is 19.5. The Bertz CT molecular complexity index is 6300. The van der Waals surface area contributed by atoms with Crippen molar-refractivity contribution in [1.82, 2.24) is 0 Å². The van der Waals surface area contributed by atoms with Crippen LogP contribution in [0.25, 0.3) is 68.3 Å². The number of carbonyl (C=O) groups excluding carboxylic acids is 2. The summed E-state index contributed by atoms with van der Waals surface area (Å²) in [6, 6.07) is 57.2. The summed E-state index contributed by atoms with van der Waals surface area (Å²) in [4.78, 5) is 32.5. The molecule has 17 rings (SSSR count). The molecule has 0 spiro atoms. The number of hydrogen-bond donors (Lipinski definition) is 0. The van der Waals surface area contributed by atoms with E-state index in [4.69, 9.17) is 33.2 Å². The minimum atomic E-state index is -5.09. The van der Waals surface area contributed by atoms with Gasteiger partial charge in [0, 0.05) is 68.6 Å². The summed E-state index contributed by atoms with van der Waals surface area (Å²) in [7, 11) is 0. The number of thiophene rings is 1. The first-order chi connectivity index (χ1) is 58.6. The summed E-state index contributed by atoms with van der Waals surface area (Å²) in [6.07, 6.45) is 35.6. The molecular weight excluding hydrogens is 1530 g/mol. The molecule has 7 aliphatic carbocycles. The van der Waals surface area contributed by atoms with Crippen molar-refractivity contribution in [3.8, 4) is 29.7 Å². The maximum atomic E-state index is 15.2. The zero-order valence-corrected chi connectivity index (χ0v) is 67.3. The van der Waals surface area contributed by atoms with Gasteiger partial charge in [0.2, 0.25) is 5.60 Å². The lowest BCUT2D eigenvalue weighted by atomic mass is 9.72. The summed E-state index contributed by atoms with van der Waals surface area (Å²) < 4.78 is 90.5. The molecule has 120 heavy (non-hydrogen) atoms. The molecule has 13 nitrogen and oxygen atoms in total. The van der Waals surface area contributed by atoms with E-state index >= 15 is 13.2 Å². The molecule has 5 atom stereocenters. The molecule has 17 heteroatoms. The Labute approximate surface area is 698 Å². The zero-order valence-electron chi connectivity index (χ0n) is 66.5. The molecule has 5 unspecified atom stereocenters. The molecule has 9 aromatic rings. The summed E-state index contributed by atoms with van der Waals surface area (Å²) in [6.45, 7) is 4.52. The van der Waals surface area contributed by atoms with Crippen LogP contribution in [-0.4, -0.2) is 62.7 Å². The Hall–Kier alpha value is -13.2. The van der Waals surface area contributed by atoms with Gasteiger partial charge in [-0.05, 0) is 213 Å². The predicted molar refractivity (Wildman–Crippen MR) is 465 cm³/mol. The standard InChI is InChI=1S/C103H85F3N4O9S/c1-3-110(44-45-113-100(111)74-50-79(114-61-93-84-28-12-4-20-66(84)46-67-21-5-13-29-85(67)93)55-80(51-74)115-62-94-86-30-14-6-22-68(86)47-69-23-7-15-31-87(69)94)78-39-36-65(37-40-78)38-43-98-76(54-83(120-98)41-42-97-92(59-109)99(77(57-107)58-108)119-102(97,2)103(104,105)106)60-118-101(112)75-52-81(116-63-95-88-32-16-8-24-70(88)48-71-25-9-17-33-89(71)95)56-82(53-75)117-64-96-90-34-18-10-26-72(90)49-73-27-11-19-35-91(73)96/h4-6,8-10,12-17,19-22,24-26,28-33,35-43,46-48,50-55,70,73,82,88H,3,7,11,18,23,27,34,44-45,49,56,60-64H2,1-2H3/b42-41+,43-38+. The van der Waals surface area contributed by atoms with Crippen molar-refractivity contribution < 1.29 is 55.9 Å². The molecule has 0 N–H and O–H groups in total. The molecule has 8 aliphatic rings. The second kappa shape index (κ2) is 34.7. The Balaban J connectivity index is 0.630. The first-order valence-electron chi connectivity index (χ1n) is 40.8. The van der Waals surface area contributed by atoms with E-state index in [-0.39, 0.29) is 56.0 Å². The molecule has 0 saturated carbocycles. The monoisotopic (exact) mass is 1610 g/mol. The Kier molecular flexibility index (Phi) is 22.9. The van der Waals surface area contributed by atoms with Crippen molar-refractivity contribution in [1.29, 1.82) is 15.8 Å². The third-order valence-electron chi connectivity index (χ3n) is 23.9. The van der Waals surface area contributed by atoms with Crippen LogP contribution in [0.15, 0.2) is 287 Å². The highest BCUT2D eigenvalue weighted by atomic mass is 32.1. The van der Waals surface area contributed by atoms with Crippen LogP contribution in [0.2, 0.25) is 0 Å². The van der Waals surface area contributed by atoms with Gasteiger partial charge in [0.15, 0.2) is 11.3 Å². The summed E-state index contributed by atoms with van der Waals surface area (Å²) in [5.41, 5.74) is 8.40. The van der Waals surface area contributed by atoms with Gasteiger partial charge in [0.25, 0.3) is 0 Å². The van der Waals surface area contributed by atoms with E-state index in [1.165, 1.54) is 45.3 Å². The molecule has 598 valence electrons. The number of rotatable bonds is 25. The van der Waals surface area contributed by atoms with Crippen LogP contribution in [-0.2, 0) is 54.7 Å². The van der Waals surface area contributed by atoms with E-state index in [0.29, 0.717) is 64.6 Å². The lowest BCUT2D eigenvalue weighted by Crippen LogP contribution is -2.43. The van der Waals surface area contributed by atoms with Gasteiger partial charge in [-0.25, -0.2) is 9.59 Å². The van der Waals surface area contributed by atoms with Crippen LogP contribution in [0.4, 0.5) is 18.9 Å². The lowest BCUT2D eigenvalue weighted by Gasteiger charge is -2.34. The van der Waals surface area contributed by atoms with Crippen LogP contribution in [0, 0.1) is 51.7 Å². The van der Waals surface area contributed by atoms with E-state index in [2.05, 4.69) is 132 Å².